The van der Waals surface area contributed by atoms with Crippen LogP contribution in [0.25, 0.3) is 10.9 Å². The van der Waals surface area contributed by atoms with Crippen molar-refractivity contribution in [1.82, 2.24) is 9.55 Å². The second-order valence-corrected chi connectivity index (χ2v) is 6.66. The fourth-order valence-electron chi connectivity index (χ4n) is 2.75. The highest BCUT2D eigenvalue weighted by Crippen LogP contribution is 2.20. The zero-order chi connectivity index (χ0) is 17.9. The summed E-state index contributed by atoms with van der Waals surface area (Å²) in [5.74, 6) is 0.289. The van der Waals surface area contributed by atoms with Crippen LogP contribution in [0.5, 0.6) is 0 Å². The van der Waals surface area contributed by atoms with Crippen LogP contribution in [0.2, 0.25) is 0 Å². The Balaban J connectivity index is 1.52. The lowest BCUT2D eigenvalue weighted by Crippen LogP contribution is -2.00. The number of hydrazone groups is 1. The Bertz CT molecular complexity index is 1080. The molecule has 0 aliphatic heterocycles. The fourth-order valence-corrected chi connectivity index (χ4v) is 3.30. The predicted molar refractivity (Wildman–Crippen MR) is 105 cm³/mol. The standard InChI is InChI=1S/C19H16FN5S/c20-16-4-2-1-3-15(16)11-25-8-7-14-9-13(5-6-17(14)25)10-22-24-19-23-18(21)12-26-19/h1-10,12H,11,21H2,(H,23,24). The van der Waals surface area contributed by atoms with Crippen molar-refractivity contribution in [2.45, 2.75) is 6.54 Å². The maximum absolute atomic E-state index is 13.9. The van der Waals surface area contributed by atoms with Crippen molar-refractivity contribution in [3.63, 3.8) is 0 Å². The summed E-state index contributed by atoms with van der Waals surface area (Å²) in [6.07, 6.45) is 3.69. The molecule has 3 N–H and O–H groups in total. The fraction of sp³-hybridized carbons (Fsp3) is 0.0526. The van der Waals surface area contributed by atoms with Crippen LogP contribution >= 0.6 is 11.3 Å². The van der Waals surface area contributed by atoms with Gasteiger partial charge in [0.1, 0.15) is 11.6 Å². The van der Waals surface area contributed by atoms with Gasteiger partial charge in [0.2, 0.25) is 5.13 Å². The highest BCUT2D eigenvalue weighted by atomic mass is 32.1. The number of thiazole rings is 1. The number of hydrogen-bond donors (Lipinski definition) is 2. The number of fused-ring (bicyclic) bond motifs is 1. The Labute approximate surface area is 153 Å². The van der Waals surface area contributed by atoms with Gasteiger partial charge >= 0.3 is 0 Å². The molecule has 4 aromatic rings. The summed E-state index contributed by atoms with van der Waals surface area (Å²) in [5.41, 5.74) is 11.1. The molecule has 2 heterocycles. The summed E-state index contributed by atoms with van der Waals surface area (Å²) in [6, 6.07) is 14.9. The summed E-state index contributed by atoms with van der Waals surface area (Å²) >= 11 is 1.40. The lowest BCUT2D eigenvalue weighted by atomic mass is 10.1. The van der Waals surface area contributed by atoms with E-state index in [1.165, 1.54) is 17.4 Å². The summed E-state index contributed by atoms with van der Waals surface area (Å²) in [7, 11) is 0. The Morgan fingerprint density at radius 2 is 2.12 bits per heavy atom. The van der Waals surface area contributed by atoms with E-state index in [4.69, 9.17) is 5.73 Å². The van der Waals surface area contributed by atoms with Crippen molar-refractivity contribution in [3.05, 3.63) is 77.1 Å². The number of nitrogen functional groups attached to an aromatic ring is 1. The Morgan fingerprint density at radius 1 is 1.23 bits per heavy atom. The van der Waals surface area contributed by atoms with Crippen LogP contribution in [0.3, 0.4) is 0 Å². The largest absolute Gasteiger partial charge is 0.383 e. The van der Waals surface area contributed by atoms with Crippen molar-refractivity contribution in [3.8, 4) is 0 Å². The average Bonchev–Trinajstić information content (AvgIpc) is 3.23. The molecule has 130 valence electrons. The predicted octanol–water partition coefficient (Wildman–Crippen LogP) is 4.31. The third-order valence-corrected chi connectivity index (χ3v) is 4.75. The summed E-state index contributed by atoms with van der Waals surface area (Å²) in [6.45, 7) is 0.497. The molecular weight excluding hydrogens is 349 g/mol. The van der Waals surface area contributed by atoms with E-state index < -0.39 is 0 Å². The third kappa shape index (κ3) is 3.43. The number of nitrogens with one attached hydrogen (secondary N) is 1. The van der Waals surface area contributed by atoms with Gasteiger partial charge in [0.25, 0.3) is 0 Å². The van der Waals surface area contributed by atoms with Gasteiger partial charge in [-0.1, -0.05) is 24.3 Å². The lowest BCUT2D eigenvalue weighted by Gasteiger charge is -2.07. The second kappa shape index (κ2) is 6.97. The van der Waals surface area contributed by atoms with Crippen LogP contribution < -0.4 is 11.2 Å². The highest BCUT2D eigenvalue weighted by molar-refractivity contribution is 7.14. The van der Waals surface area contributed by atoms with Gasteiger partial charge in [-0.05, 0) is 29.8 Å². The topological polar surface area (TPSA) is 68.2 Å². The molecule has 0 aliphatic rings. The molecule has 0 spiro atoms. The quantitative estimate of drug-likeness (QED) is 0.409. The molecule has 0 aliphatic carbocycles. The van der Waals surface area contributed by atoms with E-state index in [9.17, 15) is 4.39 Å². The number of nitrogens with zero attached hydrogens (tertiary/aromatic N) is 3. The van der Waals surface area contributed by atoms with Gasteiger partial charge in [-0.2, -0.15) is 5.10 Å². The van der Waals surface area contributed by atoms with Gasteiger partial charge in [-0.15, -0.1) is 11.3 Å². The molecule has 0 saturated carbocycles. The number of nitrogens with two attached hydrogens (primary N) is 1. The molecular formula is C19H16FN5S. The minimum absolute atomic E-state index is 0.188. The van der Waals surface area contributed by atoms with E-state index in [0.29, 0.717) is 23.1 Å². The molecule has 26 heavy (non-hydrogen) atoms. The maximum atomic E-state index is 13.9. The third-order valence-electron chi connectivity index (χ3n) is 3.99. The van der Waals surface area contributed by atoms with E-state index >= 15 is 0 Å². The van der Waals surface area contributed by atoms with Gasteiger partial charge in [-0.3, -0.25) is 5.43 Å². The number of hydrogen-bond acceptors (Lipinski definition) is 5. The Hall–Kier alpha value is -3.19. The SMILES string of the molecule is Nc1csc(NN=Cc2ccc3c(ccn3Cc3ccccc3F)c2)n1. The number of benzene rings is 2. The molecule has 2 aromatic carbocycles. The van der Waals surface area contributed by atoms with E-state index in [0.717, 1.165) is 16.5 Å². The van der Waals surface area contributed by atoms with Crippen molar-refractivity contribution < 1.29 is 4.39 Å². The molecule has 2 aromatic heterocycles. The van der Waals surface area contributed by atoms with Crippen molar-refractivity contribution in [2.24, 2.45) is 5.10 Å². The maximum Gasteiger partial charge on any atom is 0.205 e. The molecule has 0 unspecified atom stereocenters. The summed E-state index contributed by atoms with van der Waals surface area (Å²) in [5, 5.41) is 7.65. The van der Waals surface area contributed by atoms with Gasteiger partial charge in [0.15, 0.2) is 0 Å². The van der Waals surface area contributed by atoms with Crippen molar-refractivity contribution in [1.29, 1.82) is 0 Å². The average molecular weight is 365 g/mol. The van der Waals surface area contributed by atoms with E-state index in [2.05, 4.69) is 15.5 Å². The number of aromatic nitrogens is 2. The molecule has 7 heteroatoms. The van der Waals surface area contributed by atoms with Gasteiger partial charge < -0.3 is 10.3 Å². The molecule has 4 rings (SSSR count). The first-order valence-electron chi connectivity index (χ1n) is 8.01. The van der Waals surface area contributed by atoms with Crippen LogP contribution in [0, 0.1) is 5.82 Å². The van der Waals surface area contributed by atoms with Crippen LogP contribution in [-0.2, 0) is 6.54 Å². The lowest BCUT2D eigenvalue weighted by molar-refractivity contribution is 0.602. The van der Waals surface area contributed by atoms with Crippen LogP contribution in [0.4, 0.5) is 15.3 Å². The molecule has 0 atom stereocenters. The van der Waals surface area contributed by atoms with E-state index in [1.54, 1.807) is 23.7 Å². The van der Waals surface area contributed by atoms with Gasteiger partial charge in [-0.25, -0.2) is 9.37 Å². The molecule has 0 radical (unpaired) electrons. The minimum Gasteiger partial charge on any atom is -0.383 e. The molecule has 0 bridgehead atoms. The molecule has 5 nitrogen and oxygen atoms in total. The van der Waals surface area contributed by atoms with E-state index in [-0.39, 0.29) is 5.82 Å². The molecule has 0 saturated heterocycles. The number of anilines is 2. The Morgan fingerprint density at radius 3 is 2.92 bits per heavy atom. The number of rotatable bonds is 5. The Kier molecular flexibility index (Phi) is 4.37. The monoisotopic (exact) mass is 365 g/mol. The minimum atomic E-state index is -0.188. The number of halogens is 1. The van der Waals surface area contributed by atoms with Crippen molar-refractivity contribution in [2.75, 3.05) is 11.2 Å². The highest BCUT2D eigenvalue weighted by Gasteiger charge is 2.05. The van der Waals surface area contributed by atoms with Crippen molar-refractivity contribution >= 4 is 39.4 Å². The molecule has 0 amide bonds. The summed E-state index contributed by atoms with van der Waals surface area (Å²) in [4.78, 5) is 4.08. The molecule has 0 fully saturated rings. The second-order valence-electron chi connectivity index (χ2n) is 5.80. The zero-order valence-electron chi connectivity index (χ0n) is 13.8. The smallest absolute Gasteiger partial charge is 0.205 e. The van der Waals surface area contributed by atoms with Gasteiger partial charge in [0.05, 0.1) is 12.8 Å². The van der Waals surface area contributed by atoms with Crippen LogP contribution in [-0.4, -0.2) is 15.8 Å². The van der Waals surface area contributed by atoms with Crippen LogP contribution in [0.1, 0.15) is 11.1 Å². The van der Waals surface area contributed by atoms with E-state index in [1.807, 2.05) is 41.1 Å². The summed E-state index contributed by atoms with van der Waals surface area (Å²) < 4.78 is 15.9. The van der Waals surface area contributed by atoms with Gasteiger partial charge in [0, 0.05) is 28.0 Å². The first kappa shape index (κ1) is 16.3. The normalized spacial score (nSPS) is 11.4. The van der Waals surface area contributed by atoms with Crippen LogP contribution in [0.15, 0.2) is 65.2 Å². The zero-order valence-corrected chi connectivity index (χ0v) is 14.6. The first-order chi connectivity index (χ1) is 12.7. The first-order valence-corrected chi connectivity index (χ1v) is 8.89.